The minimum Gasteiger partial charge on any atom is -0.497 e. The molecule has 278 valence electrons. The molecule has 0 amide bonds. The zero-order valence-corrected chi connectivity index (χ0v) is 32.6. The Hall–Kier alpha value is -4.62. The molecule has 0 aliphatic carbocycles. The van der Waals surface area contributed by atoms with Crippen LogP contribution in [-0.4, -0.2) is 52.3 Å². The summed E-state index contributed by atoms with van der Waals surface area (Å²) in [6, 6.07) is 31.5. The van der Waals surface area contributed by atoms with Crippen LogP contribution in [-0.2, 0) is 37.2 Å². The summed E-state index contributed by atoms with van der Waals surface area (Å²) in [5.41, 5.74) is 1.26. The van der Waals surface area contributed by atoms with E-state index in [1.54, 1.807) is 28.4 Å². The van der Waals surface area contributed by atoms with Gasteiger partial charge in [0, 0.05) is 38.7 Å². The Labute approximate surface area is 318 Å². The molecule has 0 saturated carbocycles. The van der Waals surface area contributed by atoms with E-state index in [2.05, 4.69) is 90.1 Å². The van der Waals surface area contributed by atoms with Crippen LogP contribution in [0.15, 0.2) is 107 Å². The van der Waals surface area contributed by atoms with Gasteiger partial charge in [-0.2, -0.15) is 0 Å². The molecule has 2 aliphatic rings. The van der Waals surface area contributed by atoms with Crippen molar-refractivity contribution in [1.29, 1.82) is 0 Å². The van der Waals surface area contributed by atoms with E-state index < -0.39 is 11.2 Å². The van der Waals surface area contributed by atoms with Crippen molar-refractivity contribution >= 4 is 11.8 Å². The zero-order valence-electron chi connectivity index (χ0n) is 31.6. The number of nitrogens with zero attached hydrogens (tertiary/aromatic N) is 2. The fourth-order valence-electron chi connectivity index (χ4n) is 7.33. The van der Waals surface area contributed by atoms with E-state index in [0.717, 1.165) is 45.3 Å². The minimum atomic E-state index is -0.964. The second-order valence-corrected chi connectivity index (χ2v) is 15.2. The SMILES string of the molecule is COc1ccc(C2(c3ccc(OC)cc3)OC([CH-]C3=N[C@H](C(C)(C)C)C(c4ccc(OC)cc4)(c4ccc(OC)cc4)O3)=N[C@@H]2C(C)(C)C)cc1.[Ni]. The summed E-state index contributed by atoms with van der Waals surface area (Å²) in [5, 5.41) is 0. The largest absolute Gasteiger partial charge is 0.497 e. The van der Waals surface area contributed by atoms with Gasteiger partial charge in [0.15, 0.2) is 11.2 Å². The molecule has 2 aliphatic heterocycles. The van der Waals surface area contributed by atoms with Gasteiger partial charge < -0.3 is 28.4 Å². The zero-order chi connectivity index (χ0) is 36.6. The third-order valence-electron chi connectivity index (χ3n) is 9.78. The molecular weight excluding hydrogens is 699 g/mol. The molecule has 0 saturated heterocycles. The molecule has 4 aromatic rings. The summed E-state index contributed by atoms with van der Waals surface area (Å²) in [6.45, 7) is 13.1. The standard InChI is InChI=1S/C43H49N2O6.Ni/c1-40(2,3)38-42(28-11-19-32(46-7)20-12-28,29-13-21-33(47-8)22-14-29)50-36(44-38)27-37-45-39(41(4,5)6)43(51-37,30-15-23-34(48-9)24-16-30)31-17-25-35(49-10)26-18-31;/h11-27,38-39H,1-10H3;/q-1;/t38-,39-;/m1./s1. The van der Waals surface area contributed by atoms with Gasteiger partial charge in [0.1, 0.15) is 35.1 Å². The first kappa shape index (κ1) is 38.6. The fourth-order valence-corrected chi connectivity index (χ4v) is 7.33. The average molecular weight is 749 g/mol. The molecule has 52 heavy (non-hydrogen) atoms. The van der Waals surface area contributed by atoms with E-state index in [0.29, 0.717) is 11.8 Å². The summed E-state index contributed by atoms with van der Waals surface area (Å²) >= 11 is 0. The molecule has 0 bridgehead atoms. The van der Waals surface area contributed by atoms with Gasteiger partial charge in [0.25, 0.3) is 0 Å². The van der Waals surface area contributed by atoms with Crippen molar-refractivity contribution in [3.63, 3.8) is 0 Å². The van der Waals surface area contributed by atoms with Crippen LogP contribution in [0.2, 0.25) is 0 Å². The molecule has 4 aromatic carbocycles. The van der Waals surface area contributed by atoms with E-state index in [1.165, 1.54) is 0 Å². The molecule has 0 N–H and O–H groups in total. The Morgan fingerprint density at radius 3 is 0.885 bits per heavy atom. The number of ether oxygens (including phenoxy) is 6. The van der Waals surface area contributed by atoms with E-state index in [1.807, 2.05) is 55.0 Å². The number of aliphatic imine (C=N–C) groups is 2. The van der Waals surface area contributed by atoms with Gasteiger partial charge in [0.2, 0.25) is 0 Å². The molecule has 0 fully saturated rings. The molecular formula is C43H49N2NiO6-. The second-order valence-electron chi connectivity index (χ2n) is 15.2. The van der Waals surface area contributed by atoms with Gasteiger partial charge in [-0.15, -0.1) is 0 Å². The quantitative estimate of drug-likeness (QED) is 0.119. The molecule has 0 radical (unpaired) electrons. The van der Waals surface area contributed by atoms with E-state index in [4.69, 9.17) is 38.4 Å². The van der Waals surface area contributed by atoms with E-state index >= 15 is 0 Å². The molecule has 0 spiro atoms. The first-order chi connectivity index (χ1) is 24.3. The number of hydrogen-bond donors (Lipinski definition) is 0. The van der Waals surface area contributed by atoms with Gasteiger partial charge in [0.05, 0.1) is 40.2 Å². The van der Waals surface area contributed by atoms with Crippen LogP contribution in [0, 0.1) is 17.3 Å². The maximum atomic E-state index is 7.15. The molecule has 2 atom stereocenters. The smallest absolute Gasteiger partial charge is 0.180 e. The first-order valence-corrected chi connectivity index (χ1v) is 17.2. The summed E-state index contributed by atoms with van der Waals surface area (Å²) in [6.07, 6.45) is 1.85. The normalized spacial score (nSPS) is 18.9. The average Bonchev–Trinajstić information content (AvgIpc) is 3.73. The monoisotopic (exact) mass is 747 g/mol. The van der Waals surface area contributed by atoms with E-state index in [9.17, 15) is 0 Å². The maximum Gasteiger partial charge on any atom is 0.180 e. The van der Waals surface area contributed by atoms with Crippen molar-refractivity contribution < 1.29 is 44.9 Å². The Bertz CT molecular complexity index is 1640. The fraction of sp³-hybridized carbons (Fsp3) is 0.372. The third-order valence-corrected chi connectivity index (χ3v) is 9.78. The molecule has 0 aromatic heterocycles. The molecule has 2 heterocycles. The minimum absolute atomic E-state index is 0. The topological polar surface area (TPSA) is 80.1 Å². The molecule has 0 unspecified atom stereocenters. The van der Waals surface area contributed by atoms with Crippen molar-refractivity contribution in [3.05, 3.63) is 126 Å². The first-order valence-electron chi connectivity index (χ1n) is 17.2. The number of benzene rings is 4. The van der Waals surface area contributed by atoms with Gasteiger partial charge >= 0.3 is 0 Å². The summed E-state index contributed by atoms with van der Waals surface area (Å²) in [5.74, 6) is 3.92. The van der Waals surface area contributed by atoms with Crippen LogP contribution in [0.3, 0.4) is 0 Å². The van der Waals surface area contributed by atoms with Crippen molar-refractivity contribution in [2.75, 3.05) is 28.4 Å². The van der Waals surface area contributed by atoms with Crippen molar-refractivity contribution in [3.8, 4) is 23.0 Å². The van der Waals surface area contributed by atoms with Gasteiger partial charge in [-0.3, -0.25) is 9.98 Å². The summed E-state index contributed by atoms with van der Waals surface area (Å²) in [7, 11) is 6.66. The molecule has 6 rings (SSSR count). The van der Waals surface area contributed by atoms with E-state index in [-0.39, 0.29) is 39.4 Å². The second kappa shape index (κ2) is 14.8. The van der Waals surface area contributed by atoms with Crippen LogP contribution >= 0.6 is 0 Å². The van der Waals surface area contributed by atoms with Crippen LogP contribution in [0.5, 0.6) is 23.0 Å². The Morgan fingerprint density at radius 1 is 0.462 bits per heavy atom. The number of hydrogen-bond acceptors (Lipinski definition) is 8. The van der Waals surface area contributed by atoms with Crippen molar-refractivity contribution in [2.24, 2.45) is 20.8 Å². The van der Waals surface area contributed by atoms with Crippen molar-refractivity contribution in [1.82, 2.24) is 0 Å². The number of rotatable bonds is 10. The molecule has 8 nitrogen and oxygen atoms in total. The maximum absolute atomic E-state index is 7.15. The van der Waals surface area contributed by atoms with Gasteiger partial charge in [-0.25, -0.2) is 6.42 Å². The van der Waals surface area contributed by atoms with Crippen LogP contribution in [0.1, 0.15) is 63.8 Å². The Kier molecular flexibility index (Phi) is 11.0. The van der Waals surface area contributed by atoms with Crippen LogP contribution in [0.25, 0.3) is 0 Å². The Morgan fingerprint density at radius 2 is 0.692 bits per heavy atom. The van der Waals surface area contributed by atoms with Crippen LogP contribution < -0.4 is 18.9 Å². The van der Waals surface area contributed by atoms with Gasteiger partial charge in [-0.1, -0.05) is 90.1 Å². The molecule has 9 heteroatoms. The van der Waals surface area contributed by atoms with Crippen LogP contribution in [0.4, 0.5) is 0 Å². The summed E-state index contributed by atoms with van der Waals surface area (Å²) in [4.78, 5) is 10.6. The predicted molar refractivity (Wildman–Crippen MR) is 201 cm³/mol. The predicted octanol–water partition coefficient (Wildman–Crippen LogP) is 8.80. The third kappa shape index (κ3) is 6.95. The number of methoxy groups -OCH3 is 4. The van der Waals surface area contributed by atoms with Crippen molar-refractivity contribution in [2.45, 2.75) is 64.8 Å². The van der Waals surface area contributed by atoms with Gasteiger partial charge in [-0.05, 0) is 59.4 Å². The Balaban J connectivity index is 0.00000523. The summed E-state index contributed by atoms with van der Waals surface area (Å²) < 4.78 is 36.4.